The van der Waals surface area contributed by atoms with Crippen molar-refractivity contribution < 1.29 is 4.57 Å². The lowest BCUT2D eigenvalue weighted by atomic mass is 10.2. The van der Waals surface area contributed by atoms with Gasteiger partial charge in [-0.05, 0) is 59.1 Å². The molecule has 0 aliphatic rings. The standard InChI is InChI=1S/C17H14BrClN5OP/c1-4-11-8-21-24(10-11)12-5-6-14(15(7-12)26(2,3)25)22-16-13(18)9-20-17(19)23-16/h1,5-10H,2-3H3,(H,20,22,23). The van der Waals surface area contributed by atoms with Crippen LogP contribution in [-0.4, -0.2) is 33.1 Å². The molecule has 0 spiro atoms. The lowest BCUT2D eigenvalue weighted by molar-refractivity contribution is 0.588. The van der Waals surface area contributed by atoms with Gasteiger partial charge in [0.25, 0.3) is 0 Å². The molecule has 0 fully saturated rings. The number of terminal acetylenes is 1. The predicted molar refractivity (Wildman–Crippen MR) is 109 cm³/mol. The highest BCUT2D eigenvalue weighted by molar-refractivity contribution is 9.10. The number of nitrogens with one attached hydrogen (secondary N) is 1. The first-order valence-corrected chi connectivity index (χ1v) is 11.2. The number of rotatable bonds is 4. The second kappa shape index (κ2) is 7.24. The third-order valence-corrected chi connectivity index (χ3v) is 5.84. The molecular weight excluding hydrogens is 437 g/mol. The van der Waals surface area contributed by atoms with Gasteiger partial charge >= 0.3 is 0 Å². The molecule has 1 aromatic carbocycles. The Bertz CT molecular complexity index is 1070. The molecule has 0 amide bonds. The normalized spacial score (nSPS) is 11.2. The summed E-state index contributed by atoms with van der Waals surface area (Å²) in [4.78, 5) is 8.05. The molecule has 0 atom stereocenters. The van der Waals surface area contributed by atoms with Crippen LogP contribution in [0, 0.1) is 12.3 Å². The molecule has 0 aliphatic carbocycles. The van der Waals surface area contributed by atoms with Gasteiger partial charge in [-0.3, -0.25) is 0 Å². The van der Waals surface area contributed by atoms with Gasteiger partial charge in [0.05, 0.1) is 27.6 Å². The van der Waals surface area contributed by atoms with Crippen molar-refractivity contribution in [3.05, 3.63) is 52.1 Å². The Morgan fingerprint density at radius 2 is 2.12 bits per heavy atom. The van der Waals surface area contributed by atoms with Crippen LogP contribution in [0.5, 0.6) is 0 Å². The van der Waals surface area contributed by atoms with Crippen molar-refractivity contribution in [2.45, 2.75) is 0 Å². The fraction of sp³-hybridized carbons (Fsp3) is 0.118. The number of nitrogens with zero attached hydrogens (tertiary/aromatic N) is 4. The summed E-state index contributed by atoms with van der Waals surface area (Å²) < 4.78 is 15.1. The molecule has 0 aliphatic heterocycles. The van der Waals surface area contributed by atoms with Gasteiger partial charge in [-0.1, -0.05) is 5.92 Å². The van der Waals surface area contributed by atoms with Crippen LogP contribution in [-0.2, 0) is 4.57 Å². The molecule has 0 unspecified atom stereocenters. The van der Waals surface area contributed by atoms with Gasteiger partial charge in [-0.2, -0.15) is 10.1 Å². The lowest BCUT2D eigenvalue weighted by Crippen LogP contribution is -2.12. The van der Waals surface area contributed by atoms with Gasteiger partial charge in [0.1, 0.15) is 13.0 Å². The van der Waals surface area contributed by atoms with Gasteiger partial charge in [-0.15, -0.1) is 6.42 Å². The van der Waals surface area contributed by atoms with E-state index < -0.39 is 7.14 Å². The molecule has 9 heteroatoms. The van der Waals surface area contributed by atoms with E-state index in [9.17, 15) is 4.57 Å². The van der Waals surface area contributed by atoms with Crippen LogP contribution in [0.2, 0.25) is 5.28 Å². The average Bonchev–Trinajstić information content (AvgIpc) is 3.06. The van der Waals surface area contributed by atoms with Crippen molar-refractivity contribution in [3.63, 3.8) is 0 Å². The zero-order valence-corrected chi connectivity index (χ0v) is 17.2. The van der Waals surface area contributed by atoms with E-state index in [1.807, 2.05) is 18.2 Å². The molecule has 0 radical (unpaired) electrons. The van der Waals surface area contributed by atoms with Crippen molar-refractivity contribution in [2.75, 3.05) is 18.6 Å². The van der Waals surface area contributed by atoms with Crippen LogP contribution in [0.1, 0.15) is 5.56 Å². The summed E-state index contributed by atoms with van der Waals surface area (Å²) in [6.45, 7) is 3.41. The SMILES string of the molecule is C#Cc1cnn(-c2ccc(Nc3nc(Cl)ncc3Br)c(P(C)(C)=O)c2)c1. The fourth-order valence-electron chi connectivity index (χ4n) is 2.31. The maximum absolute atomic E-state index is 12.9. The number of hydrogen-bond donors (Lipinski definition) is 1. The van der Waals surface area contributed by atoms with Gasteiger partial charge < -0.3 is 9.88 Å². The second-order valence-electron chi connectivity index (χ2n) is 5.83. The van der Waals surface area contributed by atoms with Crippen LogP contribution >= 0.6 is 34.7 Å². The van der Waals surface area contributed by atoms with Crippen LogP contribution in [0.3, 0.4) is 0 Å². The Labute approximate surface area is 164 Å². The molecule has 26 heavy (non-hydrogen) atoms. The summed E-state index contributed by atoms with van der Waals surface area (Å²) in [5.74, 6) is 3.02. The molecule has 1 N–H and O–H groups in total. The van der Waals surface area contributed by atoms with E-state index in [4.69, 9.17) is 18.0 Å². The average molecular weight is 451 g/mol. The van der Waals surface area contributed by atoms with Crippen LogP contribution in [0.25, 0.3) is 5.69 Å². The van der Waals surface area contributed by atoms with Gasteiger partial charge in [0, 0.05) is 17.7 Å². The molecular formula is C17H14BrClN5OP. The minimum absolute atomic E-state index is 0.114. The quantitative estimate of drug-likeness (QED) is 0.369. The summed E-state index contributed by atoms with van der Waals surface area (Å²) >= 11 is 9.25. The maximum atomic E-state index is 12.9. The molecule has 3 rings (SSSR count). The molecule has 2 heterocycles. The van der Waals surface area contributed by atoms with E-state index in [0.717, 1.165) is 5.69 Å². The van der Waals surface area contributed by atoms with E-state index in [1.54, 1.807) is 36.6 Å². The first-order chi connectivity index (χ1) is 12.3. The largest absolute Gasteiger partial charge is 0.339 e. The Balaban J connectivity index is 2.07. The highest BCUT2D eigenvalue weighted by atomic mass is 79.9. The van der Waals surface area contributed by atoms with Crippen molar-refractivity contribution >= 4 is 51.5 Å². The summed E-state index contributed by atoms with van der Waals surface area (Å²) in [5.41, 5.74) is 2.10. The minimum atomic E-state index is -2.60. The molecule has 0 bridgehead atoms. The minimum Gasteiger partial charge on any atom is -0.339 e. The van der Waals surface area contributed by atoms with Crippen molar-refractivity contribution in [1.82, 2.24) is 19.7 Å². The topological polar surface area (TPSA) is 72.7 Å². The van der Waals surface area contributed by atoms with Crippen molar-refractivity contribution in [3.8, 4) is 18.0 Å². The first-order valence-electron chi connectivity index (χ1n) is 7.44. The monoisotopic (exact) mass is 449 g/mol. The predicted octanol–water partition coefficient (Wildman–Crippen LogP) is 4.05. The zero-order valence-electron chi connectivity index (χ0n) is 13.9. The summed E-state index contributed by atoms with van der Waals surface area (Å²) in [7, 11) is -2.60. The highest BCUT2D eigenvalue weighted by Gasteiger charge is 2.19. The summed E-state index contributed by atoms with van der Waals surface area (Å²) in [6.07, 6.45) is 10.3. The Morgan fingerprint density at radius 1 is 1.35 bits per heavy atom. The third kappa shape index (κ3) is 3.99. The van der Waals surface area contributed by atoms with E-state index in [1.165, 1.54) is 0 Å². The van der Waals surface area contributed by atoms with Crippen molar-refractivity contribution in [2.24, 2.45) is 0 Å². The summed E-state index contributed by atoms with van der Waals surface area (Å²) in [6, 6.07) is 5.50. The van der Waals surface area contributed by atoms with E-state index in [-0.39, 0.29) is 5.28 Å². The Morgan fingerprint density at radius 3 is 2.77 bits per heavy atom. The molecule has 0 saturated carbocycles. The molecule has 2 aromatic heterocycles. The van der Waals surface area contributed by atoms with Gasteiger partial charge in [-0.25, -0.2) is 9.67 Å². The number of hydrogen-bond acceptors (Lipinski definition) is 5. The van der Waals surface area contributed by atoms with Crippen LogP contribution in [0.15, 0.2) is 41.3 Å². The molecule has 0 saturated heterocycles. The van der Waals surface area contributed by atoms with Crippen LogP contribution in [0.4, 0.5) is 11.5 Å². The number of anilines is 2. The number of halogens is 2. The Kier molecular flexibility index (Phi) is 5.19. The molecule has 6 nitrogen and oxygen atoms in total. The van der Waals surface area contributed by atoms with E-state index in [2.05, 4.69) is 42.2 Å². The number of aromatic nitrogens is 4. The lowest BCUT2D eigenvalue weighted by Gasteiger charge is -2.17. The first kappa shape index (κ1) is 18.7. The van der Waals surface area contributed by atoms with Crippen molar-refractivity contribution in [1.29, 1.82) is 0 Å². The second-order valence-corrected chi connectivity index (χ2v) is 10.2. The maximum Gasteiger partial charge on any atom is 0.224 e. The molecule has 3 aromatic rings. The zero-order chi connectivity index (χ0) is 18.9. The fourth-order valence-corrected chi connectivity index (χ4v) is 3.89. The van der Waals surface area contributed by atoms with E-state index >= 15 is 0 Å². The van der Waals surface area contributed by atoms with Crippen LogP contribution < -0.4 is 10.6 Å². The smallest absolute Gasteiger partial charge is 0.224 e. The summed E-state index contributed by atoms with van der Waals surface area (Å²) in [5, 5.41) is 8.18. The highest BCUT2D eigenvalue weighted by Crippen LogP contribution is 2.39. The third-order valence-electron chi connectivity index (χ3n) is 3.54. The number of benzene rings is 1. The molecule has 132 valence electrons. The van der Waals surface area contributed by atoms with E-state index in [0.29, 0.717) is 26.8 Å². The van der Waals surface area contributed by atoms with Gasteiger partial charge in [0.15, 0.2) is 0 Å². The van der Waals surface area contributed by atoms with Gasteiger partial charge in [0.2, 0.25) is 5.28 Å². The Hall–Kier alpha value is -2.13.